The molecule has 0 unspecified atom stereocenters. The maximum atomic E-state index is 6.31. The van der Waals surface area contributed by atoms with Crippen LogP contribution in [0.1, 0.15) is 0 Å². The van der Waals surface area contributed by atoms with E-state index in [9.17, 15) is 0 Å². The molecule has 7 aromatic rings. The molecule has 0 bridgehead atoms. The Morgan fingerprint density at radius 1 is 0.576 bits per heavy atom. The maximum absolute atomic E-state index is 6.31. The van der Waals surface area contributed by atoms with Gasteiger partial charge in [-0.25, -0.2) is 0 Å². The van der Waals surface area contributed by atoms with Crippen molar-refractivity contribution in [2.45, 2.75) is 0 Å². The first kappa shape index (κ1) is 18.7. The van der Waals surface area contributed by atoms with Crippen LogP contribution in [0, 0.1) is 0 Å². The van der Waals surface area contributed by atoms with Crippen molar-refractivity contribution in [3.8, 4) is 22.3 Å². The largest absolute Gasteiger partial charge is 0.455 e. The normalized spacial score (nSPS) is 11.8. The first-order chi connectivity index (χ1) is 16.3. The van der Waals surface area contributed by atoms with Crippen molar-refractivity contribution < 1.29 is 4.42 Å². The van der Waals surface area contributed by atoms with Gasteiger partial charge >= 0.3 is 0 Å². The van der Waals surface area contributed by atoms with Crippen LogP contribution in [0.15, 0.2) is 112 Å². The Bertz CT molecular complexity index is 1710. The third kappa shape index (κ3) is 2.86. The number of furan rings is 1. The summed E-state index contributed by atoms with van der Waals surface area (Å²) in [5, 5.41) is 4.77. The first-order valence-corrected chi connectivity index (χ1v) is 11.8. The van der Waals surface area contributed by atoms with E-state index in [2.05, 4.69) is 112 Å². The average molecular weight is 488 g/mol. The number of aromatic nitrogens is 1. The van der Waals surface area contributed by atoms with E-state index in [1.54, 1.807) is 0 Å². The predicted molar refractivity (Wildman–Crippen MR) is 142 cm³/mol. The van der Waals surface area contributed by atoms with Crippen molar-refractivity contribution in [2.24, 2.45) is 0 Å². The second-order valence-electron chi connectivity index (χ2n) is 8.41. The molecule has 156 valence electrons. The summed E-state index contributed by atoms with van der Waals surface area (Å²) in [6, 6.07) is 36.2. The van der Waals surface area contributed by atoms with Gasteiger partial charge in [0.25, 0.3) is 0 Å². The van der Waals surface area contributed by atoms with Gasteiger partial charge in [0, 0.05) is 42.7 Å². The molecule has 0 atom stereocenters. The number of benzene rings is 5. The minimum absolute atomic E-state index is 0.915. The van der Waals surface area contributed by atoms with Crippen molar-refractivity contribution in [1.82, 2.24) is 4.98 Å². The van der Waals surface area contributed by atoms with Gasteiger partial charge in [-0.15, -0.1) is 0 Å². The molecule has 0 fully saturated rings. The fraction of sp³-hybridized carbons (Fsp3) is 0. The van der Waals surface area contributed by atoms with Crippen LogP contribution >= 0.6 is 15.9 Å². The molecule has 0 spiro atoms. The molecule has 7 rings (SSSR count). The summed E-state index contributed by atoms with van der Waals surface area (Å²) in [6.45, 7) is 0. The van der Waals surface area contributed by atoms with Gasteiger partial charge in [0.15, 0.2) is 0 Å². The van der Waals surface area contributed by atoms with E-state index in [1.807, 2.05) is 12.1 Å². The van der Waals surface area contributed by atoms with Crippen LogP contribution in [0.4, 0.5) is 0 Å². The molecule has 0 aliphatic rings. The Labute approximate surface area is 198 Å². The molecule has 0 aliphatic heterocycles. The fourth-order valence-electron chi connectivity index (χ4n) is 4.99. The number of aromatic amines is 1. The van der Waals surface area contributed by atoms with Crippen molar-refractivity contribution in [1.29, 1.82) is 0 Å². The van der Waals surface area contributed by atoms with E-state index in [1.165, 1.54) is 16.3 Å². The van der Waals surface area contributed by atoms with Gasteiger partial charge in [0.05, 0.1) is 5.52 Å². The number of fused-ring (bicyclic) bond motifs is 6. The maximum Gasteiger partial charge on any atom is 0.143 e. The molecular formula is C30H18BrNO. The zero-order chi connectivity index (χ0) is 21.9. The molecule has 0 amide bonds. The quantitative estimate of drug-likeness (QED) is 0.258. The van der Waals surface area contributed by atoms with E-state index in [0.717, 1.165) is 54.1 Å². The lowest BCUT2D eigenvalue weighted by atomic mass is 9.96. The zero-order valence-electron chi connectivity index (χ0n) is 17.6. The van der Waals surface area contributed by atoms with Crippen LogP contribution in [0.25, 0.3) is 66.0 Å². The third-order valence-electron chi connectivity index (χ3n) is 6.47. The highest BCUT2D eigenvalue weighted by atomic mass is 79.9. The number of hydrogen-bond acceptors (Lipinski definition) is 1. The van der Waals surface area contributed by atoms with Crippen LogP contribution in [-0.2, 0) is 0 Å². The Morgan fingerprint density at radius 2 is 1.24 bits per heavy atom. The van der Waals surface area contributed by atoms with Gasteiger partial charge in [0.1, 0.15) is 11.2 Å². The third-order valence-corrected chi connectivity index (χ3v) is 6.92. The molecule has 0 aliphatic carbocycles. The Hall–Kier alpha value is -3.82. The summed E-state index contributed by atoms with van der Waals surface area (Å²) >= 11 is 3.76. The van der Waals surface area contributed by atoms with Crippen LogP contribution in [0.5, 0.6) is 0 Å². The highest BCUT2D eigenvalue weighted by Gasteiger charge is 2.15. The number of nitrogens with one attached hydrogen (secondary N) is 1. The van der Waals surface area contributed by atoms with Crippen molar-refractivity contribution in [3.05, 3.63) is 108 Å². The van der Waals surface area contributed by atoms with Gasteiger partial charge in [-0.05, 0) is 41.5 Å². The molecule has 2 heterocycles. The first-order valence-electron chi connectivity index (χ1n) is 11.0. The predicted octanol–water partition coefficient (Wildman–Crippen LogP) is 9.32. The van der Waals surface area contributed by atoms with E-state index < -0.39 is 0 Å². The summed E-state index contributed by atoms with van der Waals surface area (Å²) < 4.78 is 7.35. The van der Waals surface area contributed by atoms with E-state index in [0.29, 0.717) is 0 Å². The molecule has 2 aromatic heterocycles. The van der Waals surface area contributed by atoms with Crippen molar-refractivity contribution >= 4 is 59.7 Å². The average Bonchev–Trinajstić information content (AvgIpc) is 3.42. The molecule has 0 saturated heterocycles. The second-order valence-corrected chi connectivity index (χ2v) is 9.32. The SMILES string of the molecule is Brc1cc(-c2cccc3c2[nH]c2ccccc23)cc(-c2cccc3c2oc2ccccc23)c1. The molecular weight excluding hydrogens is 470 g/mol. The molecule has 1 N–H and O–H groups in total. The molecule has 3 heteroatoms. The standard InChI is InChI=1S/C30H18BrNO/c31-20-16-18(21-9-5-11-25-23-7-1-3-13-27(23)32-29(21)25)15-19(17-20)22-10-6-12-26-24-8-2-4-14-28(24)33-30(22)26/h1-17,32H. The molecule has 0 radical (unpaired) electrons. The summed E-state index contributed by atoms with van der Waals surface area (Å²) in [4.78, 5) is 3.64. The monoisotopic (exact) mass is 487 g/mol. The smallest absolute Gasteiger partial charge is 0.143 e. The topological polar surface area (TPSA) is 28.9 Å². The Kier molecular flexibility index (Phi) is 4.02. The minimum Gasteiger partial charge on any atom is -0.455 e. The van der Waals surface area contributed by atoms with Gasteiger partial charge in [-0.1, -0.05) is 88.7 Å². The molecule has 0 saturated carbocycles. The van der Waals surface area contributed by atoms with E-state index in [-0.39, 0.29) is 0 Å². The number of H-pyrrole nitrogens is 1. The fourth-order valence-corrected chi connectivity index (χ4v) is 5.48. The van der Waals surface area contributed by atoms with Gasteiger partial charge < -0.3 is 9.40 Å². The van der Waals surface area contributed by atoms with Gasteiger partial charge in [-0.2, -0.15) is 0 Å². The summed E-state index contributed by atoms with van der Waals surface area (Å²) in [5.41, 5.74) is 8.70. The Balaban J connectivity index is 1.48. The Morgan fingerprint density at radius 3 is 2.12 bits per heavy atom. The number of halogens is 1. The van der Waals surface area contributed by atoms with Gasteiger partial charge in [0.2, 0.25) is 0 Å². The number of hydrogen-bond donors (Lipinski definition) is 1. The van der Waals surface area contributed by atoms with Crippen LogP contribution in [0.2, 0.25) is 0 Å². The highest BCUT2D eigenvalue weighted by molar-refractivity contribution is 9.10. The summed E-state index contributed by atoms with van der Waals surface area (Å²) in [7, 11) is 0. The van der Waals surface area contributed by atoms with E-state index in [4.69, 9.17) is 4.42 Å². The van der Waals surface area contributed by atoms with Crippen molar-refractivity contribution in [3.63, 3.8) is 0 Å². The van der Waals surface area contributed by atoms with Crippen LogP contribution < -0.4 is 0 Å². The van der Waals surface area contributed by atoms with Crippen molar-refractivity contribution in [2.75, 3.05) is 0 Å². The lowest BCUT2D eigenvalue weighted by molar-refractivity contribution is 0.670. The molecule has 2 nitrogen and oxygen atoms in total. The lowest BCUT2D eigenvalue weighted by Gasteiger charge is -2.09. The van der Waals surface area contributed by atoms with Crippen LogP contribution in [-0.4, -0.2) is 4.98 Å². The molecule has 33 heavy (non-hydrogen) atoms. The highest BCUT2D eigenvalue weighted by Crippen LogP contribution is 2.40. The van der Waals surface area contributed by atoms with Crippen LogP contribution in [0.3, 0.4) is 0 Å². The summed E-state index contributed by atoms with van der Waals surface area (Å²) in [5.74, 6) is 0. The summed E-state index contributed by atoms with van der Waals surface area (Å²) in [6.07, 6.45) is 0. The zero-order valence-corrected chi connectivity index (χ0v) is 19.2. The number of para-hydroxylation sites is 4. The number of rotatable bonds is 2. The van der Waals surface area contributed by atoms with E-state index >= 15 is 0 Å². The molecule has 5 aromatic carbocycles. The lowest BCUT2D eigenvalue weighted by Crippen LogP contribution is -1.85. The van der Waals surface area contributed by atoms with Gasteiger partial charge in [-0.3, -0.25) is 0 Å². The minimum atomic E-state index is 0.915. The second kappa shape index (κ2) is 7.09.